The third-order valence-corrected chi connectivity index (χ3v) is 11.0. The second-order valence-corrected chi connectivity index (χ2v) is 15.6. The highest BCUT2D eigenvalue weighted by Gasteiger charge is 2.42. The molecule has 1 fully saturated rings. The first-order valence-corrected chi connectivity index (χ1v) is 15.3. The molecule has 3 rings (SSSR count). The van der Waals surface area contributed by atoms with E-state index in [0.29, 0.717) is 24.6 Å². The van der Waals surface area contributed by atoms with Gasteiger partial charge in [-0.25, -0.2) is 9.98 Å². The molecule has 184 valence electrons. The first kappa shape index (κ1) is 25.9. The van der Waals surface area contributed by atoms with Gasteiger partial charge >= 0.3 is 0 Å². The van der Waals surface area contributed by atoms with Crippen LogP contribution in [0.15, 0.2) is 16.1 Å². The number of hydrogen-bond donors (Lipinski definition) is 1. The zero-order valence-electron chi connectivity index (χ0n) is 20.8. The first-order chi connectivity index (χ1) is 15.4. The van der Waals surface area contributed by atoms with Crippen LogP contribution >= 0.6 is 11.8 Å². The van der Waals surface area contributed by atoms with Gasteiger partial charge in [0.1, 0.15) is 12.3 Å². The molecule has 2 aromatic rings. The minimum absolute atomic E-state index is 0.107. The van der Waals surface area contributed by atoms with Crippen LogP contribution in [0, 0.1) is 0 Å². The van der Waals surface area contributed by atoms with E-state index in [1.807, 2.05) is 20.4 Å². The lowest BCUT2D eigenvalue weighted by Crippen LogP contribution is -2.44. The maximum atomic E-state index is 12.5. The van der Waals surface area contributed by atoms with E-state index in [4.69, 9.17) is 13.9 Å². The molecule has 2 aromatic heterocycles. The van der Waals surface area contributed by atoms with Gasteiger partial charge < -0.3 is 18.8 Å². The van der Waals surface area contributed by atoms with Gasteiger partial charge in [0.15, 0.2) is 19.5 Å². The van der Waals surface area contributed by atoms with Crippen LogP contribution in [-0.4, -0.2) is 84.2 Å². The first-order valence-electron chi connectivity index (χ1n) is 11.0. The van der Waals surface area contributed by atoms with Gasteiger partial charge in [-0.3, -0.25) is 14.3 Å². The summed E-state index contributed by atoms with van der Waals surface area (Å²) in [5, 5.41) is 0.107. The molecule has 0 radical (unpaired) electrons. The Labute approximate surface area is 200 Å². The molecule has 0 unspecified atom stereocenters. The highest BCUT2D eigenvalue weighted by atomic mass is 32.2. The molecular weight excluding hydrogens is 460 g/mol. The number of aromatic nitrogens is 4. The SMILES string of the molecule is CSCO[C@@H]1C[C@H](n2cnc3c(=O)[nH]c(/N=C\N(C)C)nc32)O[C@@H]1CO[Si](C)(C)C(C)(C)C. The number of rotatable bonds is 9. The number of imidazole rings is 1. The van der Waals surface area contributed by atoms with Gasteiger partial charge in [0.05, 0.1) is 31.3 Å². The van der Waals surface area contributed by atoms with Crippen molar-refractivity contribution in [3.05, 3.63) is 16.7 Å². The monoisotopic (exact) mass is 496 g/mol. The smallest absolute Gasteiger partial charge is 0.280 e. The van der Waals surface area contributed by atoms with Crippen LogP contribution in [0.3, 0.4) is 0 Å². The van der Waals surface area contributed by atoms with Crippen molar-refractivity contribution in [2.75, 3.05) is 32.9 Å². The Morgan fingerprint density at radius 1 is 1.42 bits per heavy atom. The van der Waals surface area contributed by atoms with Crippen LogP contribution in [0.25, 0.3) is 11.2 Å². The molecule has 1 aliphatic rings. The fraction of sp³-hybridized carbons (Fsp3) is 0.714. The third-order valence-electron chi connectivity index (χ3n) is 6.14. The third kappa shape index (κ3) is 6.04. The fourth-order valence-electron chi connectivity index (χ4n) is 3.22. The minimum Gasteiger partial charge on any atom is -0.414 e. The summed E-state index contributed by atoms with van der Waals surface area (Å²) in [5.41, 5.74) is 0.352. The Balaban J connectivity index is 1.86. The van der Waals surface area contributed by atoms with Crippen molar-refractivity contribution in [3.63, 3.8) is 0 Å². The summed E-state index contributed by atoms with van der Waals surface area (Å²) in [5.74, 6) is 0.789. The Morgan fingerprint density at radius 2 is 2.15 bits per heavy atom. The molecule has 0 aliphatic carbocycles. The second-order valence-electron chi connectivity index (χ2n) is 9.97. The number of thioether (sulfide) groups is 1. The van der Waals surface area contributed by atoms with Gasteiger partial charge in [0, 0.05) is 20.5 Å². The average Bonchev–Trinajstić information content (AvgIpc) is 3.32. The van der Waals surface area contributed by atoms with E-state index in [-0.39, 0.29) is 40.5 Å². The normalized spacial score (nSPS) is 22.0. The molecule has 1 aliphatic heterocycles. The molecule has 0 aromatic carbocycles. The van der Waals surface area contributed by atoms with E-state index in [1.54, 1.807) is 33.9 Å². The molecule has 0 saturated carbocycles. The van der Waals surface area contributed by atoms with E-state index in [2.05, 4.69) is 53.8 Å². The van der Waals surface area contributed by atoms with E-state index in [0.717, 1.165) is 0 Å². The van der Waals surface area contributed by atoms with Crippen molar-refractivity contribution in [1.82, 2.24) is 24.4 Å². The maximum absolute atomic E-state index is 12.5. The van der Waals surface area contributed by atoms with Gasteiger partial charge in [0.25, 0.3) is 5.56 Å². The number of fused-ring (bicyclic) bond motifs is 1. The summed E-state index contributed by atoms with van der Waals surface area (Å²) in [4.78, 5) is 29.9. The molecule has 0 spiro atoms. The molecule has 1 N–H and O–H groups in total. The molecule has 33 heavy (non-hydrogen) atoms. The van der Waals surface area contributed by atoms with Crippen molar-refractivity contribution < 1.29 is 13.9 Å². The van der Waals surface area contributed by atoms with Crippen LogP contribution in [0.5, 0.6) is 0 Å². The molecule has 0 amide bonds. The van der Waals surface area contributed by atoms with Crippen LogP contribution in [-0.2, 0) is 13.9 Å². The van der Waals surface area contributed by atoms with Gasteiger partial charge in [-0.15, -0.1) is 11.8 Å². The standard InChI is InChI=1S/C21H36N6O4SSi/c1-21(2,3)33(7,8)30-10-15-14(29-13-32-6)9-16(31-15)27-12-22-17-18(27)24-20(25-19(17)28)23-11-26(4)5/h11-12,14-16H,9-10,13H2,1-8H3,(H,24,25,28)/b23-11-/t14-,15-,16-/m1/s1. The lowest BCUT2D eigenvalue weighted by atomic mass is 10.2. The van der Waals surface area contributed by atoms with Crippen LogP contribution in [0.2, 0.25) is 18.1 Å². The van der Waals surface area contributed by atoms with Crippen molar-refractivity contribution in [2.45, 2.75) is 63.8 Å². The molecular formula is C21H36N6O4SSi. The zero-order valence-corrected chi connectivity index (χ0v) is 22.6. The predicted molar refractivity (Wildman–Crippen MR) is 135 cm³/mol. The summed E-state index contributed by atoms with van der Waals surface area (Å²) in [6, 6.07) is 0. The number of H-pyrrole nitrogens is 1. The van der Waals surface area contributed by atoms with E-state index < -0.39 is 8.32 Å². The van der Waals surface area contributed by atoms with Gasteiger partial charge in [-0.1, -0.05) is 20.8 Å². The topological polar surface area (TPSA) is 107 Å². The molecule has 3 heterocycles. The van der Waals surface area contributed by atoms with Gasteiger partial charge in [-0.05, 0) is 24.4 Å². The predicted octanol–water partition coefficient (Wildman–Crippen LogP) is 3.36. The molecule has 12 heteroatoms. The van der Waals surface area contributed by atoms with Crippen LogP contribution in [0.4, 0.5) is 5.95 Å². The van der Waals surface area contributed by atoms with Crippen molar-refractivity contribution >= 4 is 43.5 Å². The number of aromatic amines is 1. The summed E-state index contributed by atoms with van der Waals surface area (Å²) in [6.45, 7) is 11.6. The van der Waals surface area contributed by atoms with Crippen molar-refractivity contribution in [3.8, 4) is 0 Å². The highest BCUT2D eigenvalue weighted by molar-refractivity contribution is 7.98. The molecule has 3 atom stereocenters. The lowest BCUT2D eigenvalue weighted by Gasteiger charge is -2.37. The van der Waals surface area contributed by atoms with E-state index in [1.165, 1.54) is 0 Å². The number of ether oxygens (including phenoxy) is 2. The lowest BCUT2D eigenvalue weighted by molar-refractivity contribution is -0.0507. The Kier molecular flexibility index (Phi) is 8.05. The van der Waals surface area contributed by atoms with Crippen molar-refractivity contribution in [2.24, 2.45) is 4.99 Å². The number of nitrogens with one attached hydrogen (secondary N) is 1. The minimum atomic E-state index is -1.94. The Morgan fingerprint density at radius 3 is 2.79 bits per heavy atom. The molecule has 1 saturated heterocycles. The second kappa shape index (κ2) is 10.3. The van der Waals surface area contributed by atoms with E-state index >= 15 is 0 Å². The fourth-order valence-corrected chi connectivity index (χ4v) is 4.54. The maximum Gasteiger partial charge on any atom is 0.280 e. The molecule has 0 bridgehead atoms. The summed E-state index contributed by atoms with van der Waals surface area (Å²) < 4.78 is 20.7. The summed E-state index contributed by atoms with van der Waals surface area (Å²) in [7, 11) is 1.75. The Hall–Kier alpha value is -1.73. The summed E-state index contributed by atoms with van der Waals surface area (Å²) in [6.07, 6.45) is 5.08. The van der Waals surface area contributed by atoms with E-state index in [9.17, 15) is 4.79 Å². The van der Waals surface area contributed by atoms with Gasteiger partial charge in [-0.2, -0.15) is 4.98 Å². The average molecular weight is 497 g/mol. The number of hydrogen-bond acceptors (Lipinski definition) is 8. The number of aliphatic imine (C=N–C) groups is 1. The molecule has 10 nitrogen and oxygen atoms in total. The quantitative estimate of drug-likeness (QED) is 0.244. The van der Waals surface area contributed by atoms with Gasteiger partial charge in [0.2, 0.25) is 5.95 Å². The largest absolute Gasteiger partial charge is 0.414 e. The summed E-state index contributed by atoms with van der Waals surface area (Å²) >= 11 is 1.62. The highest BCUT2D eigenvalue weighted by Crippen LogP contribution is 2.38. The zero-order chi connectivity index (χ0) is 24.4. The Bertz CT molecular complexity index is 1030. The van der Waals surface area contributed by atoms with Crippen LogP contribution in [0.1, 0.15) is 33.4 Å². The van der Waals surface area contributed by atoms with Crippen LogP contribution < -0.4 is 5.56 Å². The number of nitrogens with zero attached hydrogens (tertiary/aromatic N) is 5. The van der Waals surface area contributed by atoms with Crippen molar-refractivity contribution in [1.29, 1.82) is 0 Å².